The molecule has 10 heavy (non-hydrogen) atoms. The maximum absolute atomic E-state index is 10.2. The molecule has 1 heterocycles. The minimum Gasteiger partial charge on any atom is -0.298 e. The van der Waals surface area contributed by atoms with Crippen molar-refractivity contribution < 1.29 is 4.79 Å². The fourth-order valence-corrected chi connectivity index (χ4v) is 0.729. The lowest BCUT2D eigenvalue weighted by atomic mass is 10.2. The molecule has 0 unspecified atom stereocenters. The van der Waals surface area contributed by atoms with Crippen molar-refractivity contribution in [2.75, 3.05) is 0 Å². The van der Waals surface area contributed by atoms with E-state index in [0.29, 0.717) is 5.56 Å². The van der Waals surface area contributed by atoms with E-state index in [4.69, 9.17) is 0 Å². The van der Waals surface area contributed by atoms with Crippen LogP contribution in [-0.2, 0) is 0 Å². The topological polar surface area (TPSA) is 30.0 Å². The number of nitrogens with zero attached hydrogens (tertiary/aromatic N) is 1. The summed E-state index contributed by atoms with van der Waals surface area (Å²) in [6, 6.07) is 1.83. The normalized spacial score (nSPS) is 9.40. The van der Waals surface area contributed by atoms with Crippen LogP contribution >= 0.6 is 0 Å². The molecule has 0 saturated carbocycles. The van der Waals surface area contributed by atoms with E-state index < -0.39 is 0 Å². The molecule has 0 saturated heterocycles. The summed E-state index contributed by atoms with van der Waals surface area (Å²) in [7, 11) is 0. The number of aldehydes is 1. The minimum absolute atomic E-state index is 0.642. The SMILES string of the molecule is Cc1cc(C=O)cnc1C. The Kier molecular flexibility index (Phi) is 1.81. The summed E-state index contributed by atoms with van der Waals surface area (Å²) in [6.45, 7) is 3.86. The van der Waals surface area contributed by atoms with E-state index in [-0.39, 0.29) is 0 Å². The molecule has 1 aromatic rings. The van der Waals surface area contributed by atoms with Crippen LogP contribution < -0.4 is 0 Å². The van der Waals surface area contributed by atoms with Crippen LogP contribution in [-0.4, -0.2) is 11.3 Å². The van der Waals surface area contributed by atoms with Gasteiger partial charge in [0.25, 0.3) is 0 Å². The van der Waals surface area contributed by atoms with Crippen LogP contribution in [0.4, 0.5) is 0 Å². The Bertz CT molecular complexity index is 255. The Morgan fingerprint density at radius 1 is 1.50 bits per heavy atom. The van der Waals surface area contributed by atoms with Crippen LogP contribution in [0.25, 0.3) is 0 Å². The summed E-state index contributed by atoms with van der Waals surface area (Å²) in [5.41, 5.74) is 2.68. The van der Waals surface area contributed by atoms with Gasteiger partial charge in [-0.15, -0.1) is 0 Å². The summed E-state index contributed by atoms with van der Waals surface area (Å²) >= 11 is 0. The molecular weight excluding hydrogens is 126 g/mol. The quantitative estimate of drug-likeness (QED) is 0.546. The first-order chi connectivity index (χ1) is 4.74. The highest BCUT2D eigenvalue weighted by molar-refractivity contribution is 5.74. The third-order valence-corrected chi connectivity index (χ3v) is 1.50. The lowest BCUT2D eigenvalue weighted by Crippen LogP contribution is -1.89. The highest BCUT2D eigenvalue weighted by Gasteiger charge is 1.94. The molecule has 1 aromatic heterocycles. The highest BCUT2D eigenvalue weighted by Crippen LogP contribution is 2.03. The van der Waals surface area contributed by atoms with Crippen LogP contribution in [0.1, 0.15) is 21.6 Å². The van der Waals surface area contributed by atoms with Crippen molar-refractivity contribution in [1.82, 2.24) is 4.98 Å². The second kappa shape index (κ2) is 2.60. The zero-order valence-corrected chi connectivity index (χ0v) is 6.09. The third-order valence-electron chi connectivity index (χ3n) is 1.50. The van der Waals surface area contributed by atoms with Gasteiger partial charge in [-0.2, -0.15) is 0 Å². The Morgan fingerprint density at radius 2 is 2.20 bits per heavy atom. The van der Waals surface area contributed by atoms with Gasteiger partial charge >= 0.3 is 0 Å². The number of aromatic nitrogens is 1. The van der Waals surface area contributed by atoms with Gasteiger partial charge in [-0.25, -0.2) is 0 Å². The molecule has 2 heteroatoms. The molecule has 0 amide bonds. The fraction of sp³-hybridized carbons (Fsp3) is 0.250. The zero-order chi connectivity index (χ0) is 7.56. The molecule has 0 aliphatic rings. The van der Waals surface area contributed by atoms with Crippen molar-refractivity contribution in [3.05, 3.63) is 29.1 Å². The first kappa shape index (κ1) is 6.93. The van der Waals surface area contributed by atoms with Crippen molar-refractivity contribution in [3.63, 3.8) is 0 Å². The van der Waals surface area contributed by atoms with Crippen molar-refractivity contribution in [2.24, 2.45) is 0 Å². The number of pyridine rings is 1. The standard InChI is InChI=1S/C8H9NO/c1-6-3-8(5-10)4-9-7(6)2/h3-5H,1-2H3. The van der Waals surface area contributed by atoms with E-state index in [0.717, 1.165) is 17.5 Å². The first-order valence-electron chi connectivity index (χ1n) is 3.12. The molecule has 0 spiro atoms. The van der Waals surface area contributed by atoms with Gasteiger partial charge < -0.3 is 0 Å². The molecule has 52 valence electrons. The van der Waals surface area contributed by atoms with Crippen LogP contribution in [0.15, 0.2) is 12.3 Å². The zero-order valence-electron chi connectivity index (χ0n) is 6.09. The van der Waals surface area contributed by atoms with E-state index in [9.17, 15) is 4.79 Å². The van der Waals surface area contributed by atoms with Crippen molar-refractivity contribution >= 4 is 6.29 Å². The maximum Gasteiger partial charge on any atom is 0.151 e. The first-order valence-corrected chi connectivity index (χ1v) is 3.12. The largest absolute Gasteiger partial charge is 0.298 e. The van der Waals surface area contributed by atoms with E-state index >= 15 is 0 Å². The van der Waals surface area contributed by atoms with Crippen LogP contribution in [0, 0.1) is 13.8 Å². The molecule has 0 N–H and O–H groups in total. The lowest BCUT2D eigenvalue weighted by molar-refractivity contribution is 0.112. The number of carbonyl (C=O) groups excluding carboxylic acids is 1. The van der Waals surface area contributed by atoms with Gasteiger partial charge in [0, 0.05) is 17.5 Å². The fourth-order valence-electron chi connectivity index (χ4n) is 0.729. The molecule has 0 radical (unpaired) electrons. The van der Waals surface area contributed by atoms with Gasteiger partial charge in [-0.3, -0.25) is 9.78 Å². The molecule has 2 nitrogen and oxygen atoms in total. The Balaban J connectivity index is 3.16. The molecule has 1 rings (SSSR count). The average molecular weight is 135 g/mol. The van der Waals surface area contributed by atoms with Crippen LogP contribution in [0.5, 0.6) is 0 Å². The molecule has 0 atom stereocenters. The van der Waals surface area contributed by atoms with Gasteiger partial charge in [-0.05, 0) is 25.5 Å². The van der Waals surface area contributed by atoms with E-state index in [1.165, 1.54) is 0 Å². The molecule has 0 aliphatic carbocycles. The van der Waals surface area contributed by atoms with Crippen LogP contribution in [0.2, 0.25) is 0 Å². The van der Waals surface area contributed by atoms with Gasteiger partial charge in [0.2, 0.25) is 0 Å². The summed E-state index contributed by atoms with van der Waals surface area (Å²) in [5.74, 6) is 0. The molecule has 0 bridgehead atoms. The number of rotatable bonds is 1. The van der Waals surface area contributed by atoms with E-state index in [1.807, 2.05) is 19.9 Å². The summed E-state index contributed by atoms with van der Waals surface area (Å²) < 4.78 is 0. The number of aryl methyl sites for hydroxylation is 2. The summed E-state index contributed by atoms with van der Waals surface area (Å²) in [4.78, 5) is 14.2. The Labute approximate surface area is 59.9 Å². The van der Waals surface area contributed by atoms with Gasteiger partial charge in [0.05, 0.1) is 0 Å². The number of carbonyl (C=O) groups is 1. The summed E-state index contributed by atoms with van der Waals surface area (Å²) in [5, 5.41) is 0. The van der Waals surface area contributed by atoms with Crippen LogP contribution in [0.3, 0.4) is 0 Å². The molecule has 0 aromatic carbocycles. The van der Waals surface area contributed by atoms with Crippen molar-refractivity contribution in [3.8, 4) is 0 Å². The molecular formula is C8H9NO. The summed E-state index contributed by atoms with van der Waals surface area (Å²) in [6.07, 6.45) is 2.38. The molecule has 0 fully saturated rings. The lowest BCUT2D eigenvalue weighted by Gasteiger charge is -1.96. The van der Waals surface area contributed by atoms with Gasteiger partial charge in [-0.1, -0.05) is 0 Å². The second-order valence-corrected chi connectivity index (χ2v) is 2.29. The predicted molar refractivity (Wildman–Crippen MR) is 39.1 cm³/mol. The number of hydrogen-bond donors (Lipinski definition) is 0. The average Bonchev–Trinajstić information content (AvgIpc) is 1.95. The smallest absolute Gasteiger partial charge is 0.151 e. The van der Waals surface area contributed by atoms with Crippen molar-refractivity contribution in [1.29, 1.82) is 0 Å². The monoisotopic (exact) mass is 135 g/mol. The highest BCUT2D eigenvalue weighted by atomic mass is 16.1. The number of hydrogen-bond acceptors (Lipinski definition) is 2. The Morgan fingerprint density at radius 3 is 2.70 bits per heavy atom. The third kappa shape index (κ3) is 1.21. The minimum atomic E-state index is 0.642. The van der Waals surface area contributed by atoms with Gasteiger partial charge in [0.15, 0.2) is 6.29 Å². The van der Waals surface area contributed by atoms with E-state index in [2.05, 4.69) is 4.98 Å². The molecule has 0 aliphatic heterocycles. The van der Waals surface area contributed by atoms with E-state index in [1.54, 1.807) is 6.20 Å². The van der Waals surface area contributed by atoms with Gasteiger partial charge in [0.1, 0.15) is 0 Å². The Hall–Kier alpha value is -1.18. The predicted octanol–water partition coefficient (Wildman–Crippen LogP) is 1.51. The second-order valence-electron chi connectivity index (χ2n) is 2.29. The van der Waals surface area contributed by atoms with Crippen molar-refractivity contribution in [2.45, 2.75) is 13.8 Å². The maximum atomic E-state index is 10.2.